The standard InChI is InChI=1S/C14H15ClFN3O2/c15-14-10(4-3-6-12(14)16)8-19-9-11(17-18-19)5-1-2-7-13(20)21/h3-4,6,9H,1-2,5,7-8H2,(H,20,21). The van der Waals surface area contributed by atoms with Crippen LogP contribution in [0.2, 0.25) is 5.02 Å². The van der Waals surface area contributed by atoms with Gasteiger partial charge in [-0.05, 0) is 30.9 Å². The van der Waals surface area contributed by atoms with E-state index in [1.54, 1.807) is 23.0 Å². The summed E-state index contributed by atoms with van der Waals surface area (Å²) in [5, 5.41) is 16.6. The number of unbranched alkanes of at least 4 members (excludes halogenated alkanes) is 1. The lowest BCUT2D eigenvalue weighted by molar-refractivity contribution is -0.137. The first-order valence-electron chi connectivity index (χ1n) is 6.60. The van der Waals surface area contributed by atoms with Crippen LogP contribution in [0.4, 0.5) is 4.39 Å². The highest BCUT2D eigenvalue weighted by molar-refractivity contribution is 6.31. The molecule has 0 radical (unpaired) electrons. The number of rotatable bonds is 7. The van der Waals surface area contributed by atoms with Crippen molar-refractivity contribution < 1.29 is 14.3 Å². The Morgan fingerprint density at radius 1 is 1.38 bits per heavy atom. The third-order valence-corrected chi connectivity index (χ3v) is 3.45. The maximum atomic E-state index is 13.3. The summed E-state index contributed by atoms with van der Waals surface area (Å²) in [4.78, 5) is 10.4. The summed E-state index contributed by atoms with van der Waals surface area (Å²) in [6, 6.07) is 4.64. The van der Waals surface area contributed by atoms with Crippen LogP contribution in [0, 0.1) is 5.82 Å². The van der Waals surface area contributed by atoms with Gasteiger partial charge in [0.05, 0.1) is 17.3 Å². The molecule has 2 aromatic rings. The van der Waals surface area contributed by atoms with Gasteiger partial charge in [-0.3, -0.25) is 4.79 Å². The molecule has 0 fully saturated rings. The van der Waals surface area contributed by atoms with Crippen LogP contribution in [0.1, 0.15) is 30.5 Å². The maximum absolute atomic E-state index is 13.3. The molecule has 21 heavy (non-hydrogen) atoms. The quantitative estimate of drug-likeness (QED) is 0.798. The average molecular weight is 312 g/mol. The van der Waals surface area contributed by atoms with E-state index >= 15 is 0 Å². The monoisotopic (exact) mass is 311 g/mol. The van der Waals surface area contributed by atoms with Crippen LogP contribution in [-0.2, 0) is 17.8 Å². The number of aliphatic carboxylic acids is 1. The van der Waals surface area contributed by atoms with E-state index < -0.39 is 11.8 Å². The summed E-state index contributed by atoms with van der Waals surface area (Å²) in [6.07, 6.45) is 3.95. The van der Waals surface area contributed by atoms with E-state index in [1.165, 1.54) is 6.07 Å². The van der Waals surface area contributed by atoms with Gasteiger partial charge >= 0.3 is 5.97 Å². The molecule has 0 spiro atoms. The second kappa shape index (κ2) is 7.17. The zero-order chi connectivity index (χ0) is 15.2. The molecule has 0 unspecified atom stereocenters. The summed E-state index contributed by atoms with van der Waals surface area (Å²) in [6.45, 7) is 0.346. The average Bonchev–Trinajstić information content (AvgIpc) is 2.87. The maximum Gasteiger partial charge on any atom is 0.303 e. The second-order valence-corrected chi connectivity index (χ2v) is 5.10. The van der Waals surface area contributed by atoms with Crippen molar-refractivity contribution in [2.75, 3.05) is 0 Å². The summed E-state index contributed by atoms with van der Waals surface area (Å²) in [7, 11) is 0. The molecule has 0 aliphatic carbocycles. The Balaban J connectivity index is 1.91. The summed E-state index contributed by atoms with van der Waals surface area (Å²) >= 11 is 5.89. The molecule has 0 aliphatic heterocycles. The fraction of sp³-hybridized carbons (Fsp3) is 0.357. The lowest BCUT2D eigenvalue weighted by atomic mass is 10.1. The lowest BCUT2D eigenvalue weighted by Gasteiger charge is -2.04. The van der Waals surface area contributed by atoms with Crippen molar-refractivity contribution in [3.63, 3.8) is 0 Å². The number of nitrogens with zero attached hydrogens (tertiary/aromatic N) is 3. The number of benzene rings is 1. The first-order chi connectivity index (χ1) is 10.1. The minimum Gasteiger partial charge on any atom is -0.481 e. The van der Waals surface area contributed by atoms with Crippen molar-refractivity contribution >= 4 is 17.6 Å². The Labute approximate surface area is 126 Å². The second-order valence-electron chi connectivity index (χ2n) is 4.72. The number of hydrogen-bond donors (Lipinski definition) is 1. The molecule has 2 rings (SSSR count). The minimum absolute atomic E-state index is 0.0935. The van der Waals surface area contributed by atoms with Crippen molar-refractivity contribution in [2.24, 2.45) is 0 Å². The number of carboxylic acid groups (broad SMARTS) is 1. The SMILES string of the molecule is O=C(O)CCCCc1cn(Cc2cccc(F)c2Cl)nn1. The number of aromatic nitrogens is 3. The highest BCUT2D eigenvalue weighted by Crippen LogP contribution is 2.20. The Morgan fingerprint density at radius 3 is 2.95 bits per heavy atom. The van der Waals surface area contributed by atoms with Gasteiger partial charge < -0.3 is 5.11 Å². The van der Waals surface area contributed by atoms with Gasteiger partial charge in [0.25, 0.3) is 0 Å². The molecule has 0 saturated carbocycles. The van der Waals surface area contributed by atoms with Gasteiger partial charge in [0.1, 0.15) is 5.82 Å². The van der Waals surface area contributed by atoms with E-state index in [0.29, 0.717) is 24.9 Å². The molecule has 5 nitrogen and oxygen atoms in total. The van der Waals surface area contributed by atoms with Gasteiger partial charge in [0, 0.05) is 12.6 Å². The van der Waals surface area contributed by atoms with Crippen molar-refractivity contribution in [3.8, 4) is 0 Å². The number of carbonyl (C=O) groups is 1. The van der Waals surface area contributed by atoms with Crippen LogP contribution in [0.15, 0.2) is 24.4 Å². The van der Waals surface area contributed by atoms with E-state index in [1.807, 2.05) is 0 Å². The van der Waals surface area contributed by atoms with E-state index in [-0.39, 0.29) is 11.4 Å². The van der Waals surface area contributed by atoms with Gasteiger partial charge in [-0.25, -0.2) is 9.07 Å². The molecule has 0 atom stereocenters. The van der Waals surface area contributed by atoms with Crippen molar-refractivity contribution in [2.45, 2.75) is 32.2 Å². The number of carboxylic acids is 1. The highest BCUT2D eigenvalue weighted by Gasteiger charge is 2.08. The predicted molar refractivity (Wildman–Crippen MR) is 75.7 cm³/mol. The van der Waals surface area contributed by atoms with Gasteiger partial charge in [0.2, 0.25) is 0 Å². The molecule has 112 valence electrons. The van der Waals surface area contributed by atoms with Crippen LogP contribution in [-0.4, -0.2) is 26.1 Å². The molecule has 0 aliphatic rings. The highest BCUT2D eigenvalue weighted by atomic mass is 35.5. The van der Waals surface area contributed by atoms with Gasteiger partial charge in [-0.2, -0.15) is 0 Å². The fourth-order valence-corrected chi connectivity index (χ4v) is 2.14. The number of hydrogen-bond acceptors (Lipinski definition) is 3. The van der Waals surface area contributed by atoms with Crippen molar-refractivity contribution in [1.29, 1.82) is 0 Å². The molecule has 1 aromatic heterocycles. The molecule has 1 heterocycles. The first-order valence-corrected chi connectivity index (χ1v) is 6.98. The van der Waals surface area contributed by atoms with Gasteiger partial charge in [-0.15, -0.1) is 5.10 Å². The largest absolute Gasteiger partial charge is 0.481 e. The topological polar surface area (TPSA) is 68.0 Å². The van der Waals surface area contributed by atoms with E-state index in [9.17, 15) is 9.18 Å². The smallest absolute Gasteiger partial charge is 0.303 e. The fourth-order valence-electron chi connectivity index (χ4n) is 1.96. The lowest BCUT2D eigenvalue weighted by Crippen LogP contribution is -2.01. The van der Waals surface area contributed by atoms with Crippen LogP contribution in [0.25, 0.3) is 0 Å². The molecule has 1 aromatic carbocycles. The predicted octanol–water partition coefficient (Wildman–Crippen LogP) is 2.92. The Hall–Kier alpha value is -1.95. The van der Waals surface area contributed by atoms with Crippen LogP contribution in [0.3, 0.4) is 0 Å². The molecule has 0 amide bonds. The molecule has 0 saturated heterocycles. The molecule has 0 bridgehead atoms. The minimum atomic E-state index is -0.792. The zero-order valence-electron chi connectivity index (χ0n) is 11.3. The van der Waals surface area contributed by atoms with Crippen LogP contribution < -0.4 is 0 Å². The van der Waals surface area contributed by atoms with E-state index in [4.69, 9.17) is 16.7 Å². The Morgan fingerprint density at radius 2 is 2.19 bits per heavy atom. The zero-order valence-corrected chi connectivity index (χ0v) is 12.1. The van der Waals surface area contributed by atoms with Crippen LogP contribution in [0.5, 0.6) is 0 Å². The Kier molecular flexibility index (Phi) is 5.27. The van der Waals surface area contributed by atoms with Crippen molar-refractivity contribution in [3.05, 3.63) is 46.5 Å². The summed E-state index contributed by atoms with van der Waals surface area (Å²) in [5.41, 5.74) is 1.42. The van der Waals surface area contributed by atoms with E-state index in [0.717, 1.165) is 12.1 Å². The number of halogens is 2. The Bertz CT molecular complexity index is 630. The third-order valence-electron chi connectivity index (χ3n) is 3.02. The van der Waals surface area contributed by atoms with Crippen molar-refractivity contribution in [1.82, 2.24) is 15.0 Å². The summed E-state index contributed by atoms with van der Waals surface area (Å²) in [5.74, 6) is -1.25. The van der Waals surface area contributed by atoms with Gasteiger partial charge in [-0.1, -0.05) is 28.9 Å². The summed E-state index contributed by atoms with van der Waals surface area (Å²) < 4.78 is 14.9. The van der Waals surface area contributed by atoms with E-state index in [2.05, 4.69) is 10.3 Å². The molecule has 7 heteroatoms. The third kappa shape index (κ3) is 4.53. The molecule has 1 N–H and O–H groups in total. The number of aryl methyl sites for hydroxylation is 1. The van der Waals surface area contributed by atoms with Gasteiger partial charge in [0.15, 0.2) is 0 Å². The molecular weight excluding hydrogens is 297 g/mol. The molecular formula is C14H15ClFN3O2. The van der Waals surface area contributed by atoms with Crippen LogP contribution >= 0.6 is 11.6 Å². The normalized spacial score (nSPS) is 10.8. The first kappa shape index (κ1) is 15.4.